The topological polar surface area (TPSA) is 549 Å². The zero-order valence-electron chi connectivity index (χ0n) is 64.0. The van der Waals surface area contributed by atoms with Crippen molar-refractivity contribution in [1.29, 1.82) is 0 Å². The molecule has 0 aromatic heterocycles. The monoisotopic (exact) mass is 1620 g/mol. The molecule has 0 unspecified atom stereocenters. The first-order valence-corrected chi connectivity index (χ1v) is 41.0. The van der Waals surface area contributed by atoms with E-state index < -0.39 is 210 Å². The Morgan fingerprint density at radius 1 is 0.500 bits per heavy atom. The van der Waals surface area contributed by atoms with E-state index in [0.717, 1.165) is 39.6 Å². The Labute approximate surface area is 667 Å². The van der Waals surface area contributed by atoms with Crippen LogP contribution in [0.3, 0.4) is 0 Å². The number of carbonyl (C=O) groups is 15. The van der Waals surface area contributed by atoms with Gasteiger partial charge in [0.15, 0.2) is 5.96 Å². The minimum absolute atomic E-state index is 0.0154. The number of aliphatic imine (C=N–C) groups is 1. The summed E-state index contributed by atoms with van der Waals surface area (Å²) in [5.74, 6) is -16.9. The maximum Gasteiger partial charge on any atom is 0.305 e. The van der Waals surface area contributed by atoms with Gasteiger partial charge in [-0.1, -0.05) is 127 Å². The van der Waals surface area contributed by atoms with Crippen molar-refractivity contribution < 1.29 is 87.2 Å². The van der Waals surface area contributed by atoms with Crippen molar-refractivity contribution in [2.45, 2.75) is 202 Å². The van der Waals surface area contributed by atoms with E-state index in [0.29, 0.717) is 30.4 Å². The van der Waals surface area contributed by atoms with E-state index in [1.807, 2.05) is 42.5 Å². The molecule has 38 heteroatoms. The van der Waals surface area contributed by atoms with Crippen LogP contribution in [0.25, 0.3) is 11.1 Å². The van der Waals surface area contributed by atoms with Crippen molar-refractivity contribution in [3.8, 4) is 11.1 Å². The van der Waals surface area contributed by atoms with Gasteiger partial charge in [-0.2, -0.15) is 0 Å². The van der Waals surface area contributed by atoms with E-state index in [1.54, 1.807) is 56.3 Å². The van der Waals surface area contributed by atoms with Gasteiger partial charge >= 0.3 is 5.97 Å². The molecular formula is C76H106N18O18S2. The first-order valence-electron chi connectivity index (χ1n) is 38.5. The third-order valence-corrected chi connectivity index (χ3v) is 23.0. The number of nitrogens with one attached hydrogen (secondary N) is 11. The fourth-order valence-electron chi connectivity index (χ4n) is 14.2. The second kappa shape index (κ2) is 43.7. The summed E-state index contributed by atoms with van der Waals surface area (Å²) in [6.07, 6.45) is -1.74. The van der Waals surface area contributed by atoms with Crippen molar-refractivity contribution in [2.75, 3.05) is 57.4 Å². The second-order valence-electron chi connectivity index (χ2n) is 29.0. The molecule has 20 N–H and O–H groups in total. The van der Waals surface area contributed by atoms with E-state index in [1.165, 1.54) is 14.7 Å². The van der Waals surface area contributed by atoms with Crippen molar-refractivity contribution in [3.63, 3.8) is 0 Å². The molecule has 15 atom stereocenters. The number of unbranched alkanes of at least 4 members (excludes halogenated alkanes) is 1. The lowest BCUT2D eigenvalue weighted by Crippen LogP contribution is -2.62. The predicted molar refractivity (Wildman–Crippen MR) is 420 cm³/mol. The highest BCUT2D eigenvalue weighted by Crippen LogP contribution is 2.30. The van der Waals surface area contributed by atoms with Crippen LogP contribution in [-0.2, 0) is 84.8 Å². The average molecular weight is 1620 g/mol. The Kier molecular flexibility index (Phi) is 34.2. The lowest BCUT2D eigenvalue weighted by Gasteiger charge is -2.34. The molecule has 0 radical (unpaired) electrons. The quantitative estimate of drug-likeness (QED) is 0.0240. The molecule has 2 bridgehead atoms. The zero-order valence-corrected chi connectivity index (χ0v) is 65.6. The number of hydrogen-bond donors (Lipinski definition) is 17. The summed E-state index contributed by atoms with van der Waals surface area (Å²) in [5.41, 5.74) is 19.8. The number of guanidine groups is 1. The smallest absolute Gasteiger partial charge is 0.305 e. The molecule has 8 rings (SSSR count). The molecule has 5 heterocycles. The molecular weight excluding hydrogens is 1520 g/mol. The van der Waals surface area contributed by atoms with Crippen molar-refractivity contribution in [1.82, 2.24) is 73.2 Å². The van der Waals surface area contributed by atoms with Crippen LogP contribution < -0.4 is 75.7 Å². The molecule has 5 aliphatic rings. The molecule has 5 aliphatic heterocycles. The van der Waals surface area contributed by atoms with E-state index in [4.69, 9.17) is 17.2 Å². The van der Waals surface area contributed by atoms with Crippen LogP contribution in [-0.4, -0.2) is 267 Å². The van der Waals surface area contributed by atoms with Crippen LogP contribution >= 0.6 is 21.6 Å². The van der Waals surface area contributed by atoms with Crippen LogP contribution in [0.5, 0.6) is 0 Å². The number of aliphatic hydroxyl groups excluding tert-OH is 2. The molecule has 5 fully saturated rings. The number of nitrogens with two attached hydrogens (primary N) is 3. The van der Waals surface area contributed by atoms with Crippen LogP contribution in [0.2, 0.25) is 0 Å². The maximum atomic E-state index is 15.4. The van der Waals surface area contributed by atoms with E-state index >= 15 is 33.6 Å². The minimum Gasteiger partial charge on any atom is -0.481 e. The maximum absolute atomic E-state index is 15.4. The number of carboxylic acids is 1. The Morgan fingerprint density at radius 2 is 0.956 bits per heavy atom. The summed E-state index contributed by atoms with van der Waals surface area (Å²) in [6.45, 7) is 2.64. The number of benzene rings is 3. The number of fused-ring (bicyclic) bond motifs is 8. The average Bonchev–Trinajstić information content (AvgIpc) is 1.62. The molecule has 0 saturated carbocycles. The summed E-state index contributed by atoms with van der Waals surface area (Å²) in [4.78, 5) is 228. The predicted octanol–water partition coefficient (Wildman–Crippen LogP) is -3.44. The highest BCUT2D eigenvalue weighted by atomic mass is 33.1. The number of carbonyl (C=O) groups excluding carboxylic acids is 14. The molecule has 0 spiro atoms. The molecule has 0 aliphatic carbocycles. The largest absolute Gasteiger partial charge is 0.481 e. The standard InChI is InChI=1S/C76H106N18O18S2/c1-4-42(2)61-71(108)89-54-40-113-114-41-55(88-64(101)48(22-13-31-80-76(78)79)82-59(97)38-81-63(100)50(37-60(98)99)84-69(106)56-23-14-32-92(56)73(110)51(86-67(54)104)35-44-17-7-5-8-18-44)68(105)91-62(43(3)96)72(109)83-49(21-11-12-30-77)65(102)87-53(39-95)66(103)85-52(36-45-26-28-47(29-27-45)46-19-9-6-10-20-46)74(111)94-34-16-25-58(94)75(112)93-33-15-24-57(93)70(107)90-61/h5-10,17-20,26-29,42-43,48-58,61-62,95-96H,4,11-16,21-25,30-41,77H2,1-3H3,(H,81,100)(H,82,97)(H,83,109)(H,84,106)(H,85,103)(H,86,104)(H,87,102)(H,88,101)(H,89,108)(H,90,107)(H,91,105)(H,98,99)(H4,78,79,80)/t42-,43+,48-,49-,50-,51-,52-,53-,54-,55-,56-,57-,58-,61-,62-/m0/s1. The minimum atomic E-state index is -1.97. The second-order valence-corrected chi connectivity index (χ2v) is 31.5. The number of amides is 14. The third kappa shape index (κ3) is 25.3. The van der Waals surface area contributed by atoms with Gasteiger partial charge in [0.1, 0.15) is 78.5 Å². The molecule has 14 amide bonds. The summed E-state index contributed by atoms with van der Waals surface area (Å²) in [6, 6.07) is 4.66. The van der Waals surface area contributed by atoms with Gasteiger partial charge in [0.2, 0.25) is 82.7 Å². The van der Waals surface area contributed by atoms with Crippen molar-refractivity contribution >= 4 is 116 Å². The van der Waals surface area contributed by atoms with Gasteiger partial charge in [-0.15, -0.1) is 0 Å². The lowest BCUT2D eigenvalue weighted by molar-refractivity contribution is -0.148. The van der Waals surface area contributed by atoms with Crippen LogP contribution in [0.1, 0.15) is 115 Å². The van der Waals surface area contributed by atoms with E-state index in [9.17, 15) is 53.7 Å². The van der Waals surface area contributed by atoms with Crippen molar-refractivity contribution in [3.05, 3.63) is 96.1 Å². The number of aliphatic carboxylic acids is 1. The number of nitrogens with zero attached hydrogens (tertiary/aromatic N) is 4. The number of aliphatic hydroxyl groups is 2. The molecule has 3 aromatic carbocycles. The molecule has 114 heavy (non-hydrogen) atoms. The molecule has 3 aromatic rings. The summed E-state index contributed by atoms with van der Waals surface area (Å²) in [5, 5.41) is 60.6. The molecule has 36 nitrogen and oxygen atoms in total. The Hall–Kier alpha value is -10.4. The fourth-order valence-corrected chi connectivity index (χ4v) is 16.5. The first kappa shape index (κ1) is 89.1. The van der Waals surface area contributed by atoms with E-state index in [2.05, 4.69) is 63.5 Å². The van der Waals surface area contributed by atoms with Crippen LogP contribution in [0.15, 0.2) is 89.9 Å². The van der Waals surface area contributed by atoms with Crippen LogP contribution in [0, 0.1) is 5.92 Å². The van der Waals surface area contributed by atoms with E-state index in [-0.39, 0.29) is 109 Å². The zero-order chi connectivity index (χ0) is 82.7. The van der Waals surface area contributed by atoms with Crippen LogP contribution in [0.4, 0.5) is 0 Å². The first-order chi connectivity index (χ1) is 54.6. The Bertz CT molecular complexity index is 3940. The summed E-state index contributed by atoms with van der Waals surface area (Å²) in [7, 11) is 1.69. The normalized spacial score (nSPS) is 26.9. The van der Waals surface area contributed by atoms with Crippen molar-refractivity contribution in [2.24, 2.45) is 28.1 Å². The van der Waals surface area contributed by atoms with Gasteiger partial charge in [0.25, 0.3) is 0 Å². The summed E-state index contributed by atoms with van der Waals surface area (Å²) < 4.78 is 0. The summed E-state index contributed by atoms with van der Waals surface area (Å²) >= 11 is 0. The lowest BCUT2D eigenvalue weighted by atomic mass is 9.97. The highest BCUT2D eigenvalue weighted by molar-refractivity contribution is 8.76. The Balaban J connectivity index is 1.22. The number of hydrogen-bond acceptors (Lipinski definition) is 21. The van der Waals surface area contributed by atoms with Gasteiger partial charge in [-0.3, -0.25) is 76.9 Å². The van der Waals surface area contributed by atoms with Gasteiger partial charge in [-0.25, -0.2) is 0 Å². The third-order valence-electron chi connectivity index (χ3n) is 20.6. The van der Waals surface area contributed by atoms with Gasteiger partial charge < -0.3 is 106 Å². The van der Waals surface area contributed by atoms with Gasteiger partial charge in [0.05, 0.1) is 25.7 Å². The number of rotatable bonds is 19. The van der Waals surface area contributed by atoms with Gasteiger partial charge in [0, 0.05) is 50.5 Å². The van der Waals surface area contributed by atoms with Gasteiger partial charge in [-0.05, 0) is 112 Å². The SMILES string of the molecule is CC[C@H](C)[C@@H]1NC(=O)[C@@H]2CCCN2C(=O)[C@@H]2CCCN2C(=O)[C@H](Cc2ccc(-c3ccccc3)cc2)NC(=O)[C@H](CO)NC(=O)[C@H](CCCCN)NC(=O)[C@H]([C@@H](C)O)NC(=O)[C@@H]2CSSC[C@H](NC1=O)C(=O)N[C@@H](Cc1ccccc1)C(=O)N1CCC[C@H]1C(=O)N[C@@H](CC(=O)O)C(=O)NCC(=O)N[C@@H](CCCN=C(N)N)C(=O)N2. The molecule has 620 valence electrons. The Morgan fingerprint density at radius 3 is 1.53 bits per heavy atom. The highest BCUT2D eigenvalue weighted by Gasteiger charge is 2.47. The number of carboxylic acid groups (broad SMARTS) is 1. The fraction of sp³-hybridized carbons (Fsp3) is 0.553. The molecule has 5 saturated heterocycles.